The molecule has 19 heavy (non-hydrogen) atoms. The van der Waals surface area contributed by atoms with Crippen molar-refractivity contribution in [3.63, 3.8) is 0 Å². The molecule has 0 aliphatic rings. The van der Waals surface area contributed by atoms with Crippen molar-refractivity contribution in [3.05, 3.63) is 81.2 Å². The molecule has 0 N–H and O–H groups in total. The molecule has 94 valence electrons. The Morgan fingerprint density at radius 3 is 2.63 bits per heavy atom. The lowest BCUT2D eigenvalue weighted by Gasteiger charge is -2.09. The number of hydrogen-bond donors (Lipinski definition) is 0. The Hall–Kier alpha value is -1.87. The summed E-state index contributed by atoms with van der Waals surface area (Å²) in [5.74, 6) is 0. The fourth-order valence-corrected chi connectivity index (χ4v) is 2.63. The van der Waals surface area contributed by atoms with Crippen LogP contribution in [0.25, 0.3) is 10.8 Å². The van der Waals surface area contributed by atoms with Gasteiger partial charge >= 0.3 is 0 Å². The van der Waals surface area contributed by atoms with Gasteiger partial charge in [0.15, 0.2) is 0 Å². The monoisotopic (exact) mass is 313 g/mol. The maximum atomic E-state index is 12.0. The lowest BCUT2D eigenvalue weighted by atomic mass is 10.0. The first-order chi connectivity index (χ1) is 9.25. The summed E-state index contributed by atoms with van der Waals surface area (Å²) in [5, 5.41) is 2.39. The molecule has 0 bridgehead atoms. The van der Waals surface area contributed by atoms with Gasteiger partial charge in [0.25, 0.3) is 5.56 Å². The number of nitrogens with zero attached hydrogens (tertiary/aromatic N) is 1. The van der Waals surface area contributed by atoms with Gasteiger partial charge in [-0.3, -0.25) is 4.79 Å². The van der Waals surface area contributed by atoms with Gasteiger partial charge in [-0.2, -0.15) is 0 Å². The second-order valence-corrected chi connectivity index (χ2v) is 5.28. The Kier molecular flexibility index (Phi) is 3.22. The van der Waals surface area contributed by atoms with Gasteiger partial charge in [0.1, 0.15) is 0 Å². The number of rotatable bonds is 2. The van der Waals surface area contributed by atoms with Crippen LogP contribution in [-0.4, -0.2) is 4.57 Å². The van der Waals surface area contributed by atoms with Gasteiger partial charge in [-0.25, -0.2) is 0 Å². The van der Waals surface area contributed by atoms with E-state index in [1.807, 2.05) is 30.5 Å². The van der Waals surface area contributed by atoms with Crippen LogP contribution in [0.15, 0.2) is 70.1 Å². The first-order valence-electron chi connectivity index (χ1n) is 6.07. The topological polar surface area (TPSA) is 22.0 Å². The predicted octanol–water partition coefficient (Wildman–Crippen LogP) is 3.81. The summed E-state index contributed by atoms with van der Waals surface area (Å²) in [5.41, 5.74) is 1.15. The van der Waals surface area contributed by atoms with Crippen molar-refractivity contribution in [2.45, 2.75) is 6.54 Å². The number of aromatic nitrogens is 1. The standard InChI is InChI=1S/C16H12BrNO/c17-15-9-4-10-18(16(15)19)11-13-7-3-6-12-5-1-2-8-14(12)13/h1-10H,11H2. The van der Waals surface area contributed by atoms with Gasteiger partial charge in [-0.15, -0.1) is 0 Å². The second-order valence-electron chi connectivity index (χ2n) is 4.43. The second kappa shape index (κ2) is 5.02. The van der Waals surface area contributed by atoms with Gasteiger partial charge in [0.05, 0.1) is 11.0 Å². The number of fused-ring (bicyclic) bond motifs is 1. The minimum atomic E-state index is -0.00423. The van der Waals surface area contributed by atoms with Crippen LogP contribution in [-0.2, 0) is 6.54 Å². The van der Waals surface area contributed by atoms with Gasteiger partial charge in [0.2, 0.25) is 0 Å². The Morgan fingerprint density at radius 1 is 0.947 bits per heavy atom. The minimum Gasteiger partial charge on any atom is -0.310 e. The van der Waals surface area contributed by atoms with E-state index in [9.17, 15) is 4.79 Å². The van der Waals surface area contributed by atoms with Gasteiger partial charge in [0, 0.05) is 6.20 Å². The summed E-state index contributed by atoms with van der Waals surface area (Å²) < 4.78 is 2.31. The molecule has 1 aromatic heterocycles. The van der Waals surface area contributed by atoms with Crippen LogP contribution >= 0.6 is 15.9 Å². The van der Waals surface area contributed by atoms with Crippen molar-refractivity contribution in [2.24, 2.45) is 0 Å². The third kappa shape index (κ3) is 2.34. The third-order valence-corrected chi connectivity index (χ3v) is 3.80. The first kappa shape index (κ1) is 12.2. The average molecular weight is 314 g/mol. The molecule has 0 saturated heterocycles. The van der Waals surface area contributed by atoms with Crippen LogP contribution < -0.4 is 5.56 Å². The van der Waals surface area contributed by atoms with Crippen LogP contribution in [0.1, 0.15) is 5.56 Å². The van der Waals surface area contributed by atoms with E-state index in [0.29, 0.717) is 11.0 Å². The van der Waals surface area contributed by atoms with E-state index in [1.165, 1.54) is 10.8 Å². The maximum absolute atomic E-state index is 12.0. The van der Waals surface area contributed by atoms with Gasteiger partial charge in [-0.1, -0.05) is 42.5 Å². The first-order valence-corrected chi connectivity index (χ1v) is 6.86. The van der Waals surface area contributed by atoms with E-state index in [4.69, 9.17) is 0 Å². The van der Waals surface area contributed by atoms with Crippen LogP contribution in [0.2, 0.25) is 0 Å². The third-order valence-electron chi connectivity index (χ3n) is 3.19. The minimum absolute atomic E-state index is 0.00423. The van der Waals surface area contributed by atoms with E-state index < -0.39 is 0 Å². The Balaban J connectivity index is 2.11. The molecule has 0 atom stereocenters. The van der Waals surface area contributed by atoms with Crippen molar-refractivity contribution in [2.75, 3.05) is 0 Å². The fraction of sp³-hybridized carbons (Fsp3) is 0.0625. The van der Waals surface area contributed by atoms with Crippen molar-refractivity contribution in [3.8, 4) is 0 Å². The molecule has 0 amide bonds. The number of hydrogen-bond acceptors (Lipinski definition) is 1. The van der Waals surface area contributed by atoms with E-state index in [1.54, 1.807) is 10.6 Å². The molecule has 3 heteroatoms. The molecule has 0 saturated carbocycles. The van der Waals surface area contributed by atoms with Crippen LogP contribution in [0, 0.1) is 0 Å². The van der Waals surface area contributed by atoms with Crippen LogP contribution in [0.4, 0.5) is 0 Å². The fourth-order valence-electron chi connectivity index (χ4n) is 2.25. The summed E-state index contributed by atoms with van der Waals surface area (Å²) in [6.45, 7) is 0.583. The quantitative estimate of drug-likeness (QED) is 0.705. The van der Waals surface area contributed by atoms with E-state index in [-0.39, 0.29) is 5.56 Å². The van der Waals surface area contributed by atoms with Crippen LogP contribution in [0.5, 0.6) is 0 Å². The highest BCUT2D eigenvalue weighted by atomic mass is 79.9. The number of halogens is 1. The van der Waals surface area contributed by atoms with E-state index in [0.717, 1.165) is 5.56 Å². The molecular weight excluding hydrogens is 302 g/mol. The smallest absolute Gasteiger partial charge is 0.265 e. The SMILES string of the molecule is O=c1c(Br)cccn1Cc1cccc2ccccc12. The van der Waals surface area contributed by atoms with Crippen molar-refractivity contribution >= 4 is 26.7 Å². The molecular formula is C16H12BrNO. The molecule has 0 unspecified atom stereocenters. The van der Waals surface area contributed by atoms with E-state index in [2.05, 4.69) is 40.2 Å². The highest BCUT2D eigenvalue weighted by molar-refractivity contribution is 9.10. The number of pyridine rings is 1. The zero-order valence-corrected chi connectivity index (χ0v) is 11.8. The highest BCUT2D eigenvalue weighted by Gasteiger charge is 2.04. The largest absolute Gasteiger partial charge is 0.310 e. The molecule has 0 spiro atoms. The molecule has 0 aliphatic carbocycles. The Bertz CT molecular complexity index is 787. The molecule has 2 aromatic carbocycles. The molecule has 3 rings (SSSR count). The summed E-state index contributed by atoms with van der Waals surface area (Å²) >= 11 is 3.28. The molecule has 0 fully saturated rings. The van der Waals surface area contributed by atoms with Gasteiger partial charge in [-0.05, 0) is 44.4 Å². The Labute approximate surface area is 119 Å². The zero-order valence-electron chi connectivity index (χ0n) is 10.2. The highest BCUT2D eigenvalue weighted by Crippen LogP contribution is 2.19. The lowest BCUT2D eigenvalue weighted by molar-refractivity contribution is 0.759. The van der Waals surface area contributed by atoms with Gasteiger partial charge < -0.3 is 4.57 Å². The molecule has 0 aliphatic heterocycles. The van der Waals surface area contributed by atoms with Crippen molar-refractivity contribution in [1.82, 2.24) is 4.57 Å². The normalized spacial score (nSPS) is 10.8. The van der Waals surface area contributed by atoms with Crippen molar-refractivity contribution in [1.29, 1.82) is 0 Å². The van der Waals surface area contributed by atoms with E-state index >= 15 is 0 Å². The average Bonchev–Trinajstić information content (AvgIpc) is 2.44. The molecule has 0 radical (unpaired) electrons. The summed E-state index contributed by atoms with van der Waals surface area (Å²) in [6.07, 6.45) is 1.81. The van der Waals surface area contributed by atoms with Crippen LogP contribution in [0.3, 0.4) is 0 Å². The summed E-state index contributed by atoms with van der Waals surface area (Å²) in [6, 6.07) is 18.0. The molecule has 1 heterocycles. The zero-order chi connectivity index (χ0) is 13.2. The Morgan fingerprint density at radius 2 is 1.74 bits per heavy atom. The summed E-state index contributed by atoms with van der Waals surface area (Å²) in [4.78, 5) is 12.0. The maximum Gasteiger partial charge on any atom is 0.265 e. The van der Waals surface area contributed by atoms with Crippen molar-refractivity contribution < 1.29 is 0 Å². The molecule has 2 nitrogen and oxygen atoms in total. The summed E-state index contributed by atoms with van der Waals surface area (Å²) in [7, 11) is 0. The predicted molar refractivity (Wildman–Crippen MR) is 81.5 cm³/mol. The molecule has 3 aromatic rings. The lowest BCUT2D eigenvalue weighted by Crippen LogP contribution is -2.20. The number of benzene rings is 2.